The van der Waals surface area contributed by atoms with E-state index in [9.17, 15) is 5.11 Å². The fourth-order valence-corrected chi connectivity index (χ4v) is 1.36. The van der Waals surface area contributed by atoms with E-state index in [0.717, 1.165) is 12.2 Å². The van der Waals surface area contributed by atoms with Crippen LogP contribution in [0.3, 0.4) is 0 Å². The van der Waals surface area contributed by atoms with Gasteiger partial charge in [-0.05, 0) is 19.1 Å². The third kappa shape index (κ3) is 1.96. The summed E-state index contributed by atoms with van der Waals surface area (Å²) in [5, 5.41) is 12.8. The average molecular weight is 206 g/mol. The molecular weight excluding hydrogens is 197 g/mol. The quantitative estimate of drug-likeness (QED) is 0.728. The van der Waals surface area contributed by atoms with Crippen molar-refractivity contribution in [3.63, 3.8) is 0 Å². The van der Waals surface area contributed by atoms with Crippen LogP contribution < -0.4 is 5.32 Å². The highest BCUT2D eigenvalue weighted by Crippen LogP contribution is 2.34. The minimum absolute atomic E-state index is 0.0695. The van der Waals surface area contributed by atoms with Gasteiger partial charge >= 0.3 is 0 Å². The van der Waals surface area contributed by atoms with Gasteiger partial charge in [-0.2, -0.15) is 0 Å². The third-order valence-corrected chi connectivity index (χ3v) is 1.97. The van der Waals surface area contributed by atoms with E-state index in [1.54, 1.807) is 12.1 Å². The highest BCUT2D eigenvalue weighted by molar-refractivity contribution is 6.37. The Kier molecular flexibility index (Phi) is 3.06. The topological polar surface area (TPSA) is 32.3 Å². The van der Waals surface area contributed by atoms with Crippen molar-refractivity contribution in [3.8, 4) is 5.75 Å². The molecule has 0 spiro atoms. The highest BCUT2D eigenvalue weighted by Gasteiger charge is 2.05. The van der Waals surface area contributed by atoms with Crippen molar-refractivity contribution in [2.45, 2.75) is 6.92 Å². The lowest BCUT2D eigenvalue weighted by Gasteiger charge is -2.05. The predicted molar refractivity (Wildman–Crippen MR) is 52.3 cm³/mol. The summed E-state index contributed by atoms with van der Waals surface area (Å²) in [6.07, 6.45) is 0. The van der Waals surface area contributed by atoms with Crippen LogP contribution in [0.1, 0.15) is 6.92 Å². The summed E-state index contributed by atoms with van der Waals surface area (Å²) in [6.45, 7) is 2.76. The Morgan fingerprint density at radius 3 is 2.25 bits per heavy atom. The maximum atomic E-state index is 9.21. The zero-order valence-electron chi connectivity index (χ0n) is 6.56. The van der Waals surface area contributed by atoms with E-state index >= 15 is 0 Å². The lowest BCUT2D eigenvalue weighted by Crippen LogP contribution is -1.95. The van der Waals surface area contributed by atoms with Gasteiger partial charge in [0.15, 0.2) is 5.75 Å². The zero-order chi connectivity index (χ0) is 9.14. The number of hydrogen-bond acceptors (Lipinski definition) is 2. The van der Waals surface area contributed by atoms with E-state index in [2.05, 4.69) is 5.32 Å². The number of nitrogens with one attached hydrogen (secondary N) is 1. The van der Waals surface area contributed by atoms with Gasteiger partial charge in [0.05, 0.1) is 10.0 Å². The minimum Gasteiger partial charge on any atom is -0.505 e. The van der Waals surface area contributed by atoms with Crippen molar-refractivity contribution in [3.05, 3.63) is 22.2 Å². The second kappa shape index (κ2) is 3.87. The first kappa shape index (κ1) is 9.49. The van der Waals surface area contributed by atoms with Crippen LogP contribution in [0.2, 0.25) is 10.0 Å². The summed E-state index contributed by atoms with van der Waals surface area (Å²) in [6, 6.07) is 3.26. The van der Waals surface area contributed by atoms with E-state index in [0.29, 0.717) is 0 Å². The van der Waals surface area contributed by atoms with E-state index in [-0.39, 0.29) is 15.8 Å². The largest absolute Gasteiger partial charge is 0.505 e. The number of halogens is 2. The molecule has 0 fully saturated rings. The van der Waals surface area contributed by atoms with Gasteiger partial charge in [-0.3, -0.25) is 0 Å². The van der Waals surface area contributed by atoms with Gasteiger partial charge in [-0.25, -0.2) is 0 Å². The summed E-state index contributed by atoms with van der Waals surface area (Å²) < 4.78 is 0. The number of benzene rings is 1. The van der Waals surface area contributed by atoms with Gasteiger partial charge in [0, 0.05) is 12.2 Å². The highest BCUT2D eigenvalue weighted by atomic mass is 35.5. The zero-order valence-corrected chi connectivity index (χ0v) is 8.08. The van der Waals surface area contributed by atoms with Crippen LogP contribution in [0.15, 0.2) is 12.1 Å². The molecule has 1 aromatic carbocycles. The van der Waals surface area contributed by atoms with Crippen LogP contribution in [-0.2, 0) is 0 Å². The molecule has 0 atom stereocenters. The summed E-state index contributed by atoms with van der Waals surface area (Å²) in [4.78, 5) is 0. The smallest absolute Gasteiger partial charge is 0.152 e. The maximum Gasteiger partial charge on any atom is 0.152 e. The predicted octanol–water partition coefficient (Wildman–Crippen LogP) is 3.13. The van der Waals surface area contributed by atoms with Gasteiger partial charge in [0.2, 0.25) is 0 Å². The summed E-state index contributed by atoms with van der Waals surface area (Å²) >= 11 is 11.4. The molecule has 2 nitrogen and oxygen atoms in total. The Morgan fingerprint density at radius 1 is 1.33 bits per heavy atom. The van der Waals surface area contributed by atoms with Crippen molar-refractivity contribution in [2.24, 2.45) is 0 Å². The van der Waals surface area contributed by atoms with E-state index in [1.165, 1.54) is 0 Å². The Hall–Kier alpha value is -0.600. The van der Waals surface area contributed by atoms with Gasteiger partial charge in [-0.15, -0.1) is 0 Å². The first-order valence-corrected chi connectivity index (χ1v) is 4.32. The summed E-state index contributed by atoms with van der Waals surface area (Å²) in [5.41, 5.74) is 0.810. The molecule has 0 aliphatic rings. The van der Waals surface area contributed by atoms with Crippen molar-refractivity contribution < 1.29 is 5.11 Å². The first-order valence-electron chi connectivity index (χ1n) is 3.57. The number of phenols is 1. The average Bonchev–Trinajstić information content (AvgIpc) is 2.01. The molecule has 0 aromatic heterocycles. The summed E-state index contributed by atoms with van der Waals surface area (Å²) in [7, 11) is 0. The molecule has 0 aliphatic heterocycles. The fraction of sp³-hybridized carbons (Fsp3) is 0.250. The van der Waals surface area contributed by atoms with Crippen molar-refractivity contribution in [1.82, 2.24) is 0 Å². The van der Waals surface area contributed by atoms with Crippen LogP contribution in [0.4, 0.5) is 5.69 Å². The molecule has 2 N–H and O–H groups in total. The molecule has 0 saturated heterocycles. The minimum atomic E-state index is -0.0695. The number of anilines is 1. The van der Waals surface area contributed by atoms with Crippen LogP contribution in [0, 0.1) is 0 Å². The van der Waals surface area contributed by atoms with Gasteiger partial charge < -0.3 is 10.4 Å². The molecule has 12 heavy (non-hydrogen) atoms. The molecule has 0 amide bonds. The Balaban J connectivity index is 3.04. The molecule has 4 heteroatoms. The molecular formula is C8H9Cl2NO. The first-order chi connectivity index (χ1) is 5.65. The lowest BCUT2D eigenvalue weighted by atomic mass is 10.3. The monoisotopic (exact) mass is 205 g/mol. The lowest BCUT2D eigenvalue weighted by molar-refractivity contribution is 0.476. The van der Waals surface area contributed by atoms with E-state index < -0.39 is 0 Å². The molecule has 1 aromatic rings. The van der Waals surface area contributed by atoms with Crippen molar-refractivity contribution >= 4 is 28.9 Å². The Morgan fingerprint density at radius 2 is 1.83 bits per heavy atom. The molecule has 0 saturated carbocycles. The van der Waals surface area contributed by atoms with E-state index in [4.69, 9.17) is 23.2 Å². The fourth-order valence-electron chi connectivity index (χ4n) is 0.872. The number of hydrogen-bond donors (Lipinski definition) is 2. The van der Waals surface area contributed by atoms with Crippen LogP contribution in [0.5, 0.6) is 5.75 Å². The second-order valence-corrected chi connectivity index (χ2v) is 3.13. The number of aromatic hydroxyl groups is 1. The van der Waals surface area contributed by atoms with Crippen LogP contribution in [0.25, 0.3) is 0 Å². The number of rotatable bonds is 2. The molecule has 0 heterocycles. The van der Waals surface area contributed by atoms with Gasteiger partial charge in [0.25, 0.3) is 0 Å². The third-order valence-electron chi connectivity index (χ3n) is 1.40. The van der Waals surface area contributed by atoms with Crippen LogP contribution in [-0.4, -0.2) is 11.7 Å². The van der Waals surface area contributed by atoms with Crippen molar-refractivity contribution in [2.75, 3.05) is 11.9 Å². The van der Waals surface area contributed by atoms with Gasteiger partial charge in [-0.1, -0.05) is 23.2 Å². The van der Waals surface area contributed by atoms with E-state index in [1.807, 2.05) is 6.92 Å². The Labute approximate surface area is 81.1 Å². The van der Waals surface area contributed by atoms with Crippen LogP contribution >= 0.6 is 23.2 Å². The molecule has 0 bridgehead atoms. The second-order valence-electron chi connectivity index (χ2n) is 2.32. The normalized spacial score (nSPS) is 9.92. The molecule has 0 aliphatic carbocycles. The van der Waals surface area contributed by atoms with Gasteiger partial charge in [0.1, 0.15) is 0 Å². The molecule has 0 unspecified atom stereocenters. The maximum absolute atomic E-state index is 9.21. The summed E-state index contributed by atoms with van der Waals surface area (Å²) in [5.74, 6) is -0.0695. The molecule has 66 valence electrons. The molecule has 1 rings (SSSR count). The molecule has 0 radical (unpaired) electrons. The number of phenolic OH excluding ortho intramolecular Hbond substituents is 1. The SMILES string of the molecule is CCNc1cc(Cl)c(O)c(Cl)c1. The Bertz CT molecular complexity index is 265. The van der Waals surface area contributed by atoms with Crippen molar-refractivity contribution in [1.29, 1.82) is 0 Å². The standard InChI is InChI=1S/C8H9Cl2NO/c1-2-11-5-3-6(9)8(12)7(10)4-5/h3-4,11-12H,2H2,1H3.